The predicted octanol–water partition coefficient (Wildman–Crippen LogP) is 4.97. The number of aromatic nitrogens is 1. The van der Waals surface area contributed by atoms with Crippen LogP contribution in [0, 0.1) is 0 Å². The number of nitrogens with one attached hydrogen (secondary N) is 1. The number of nitrogens with zero attached hydrogens (tertiary/aromatic N) is 1. The summed E-state index contributed by atoms with van der Waals surface area (Å²) in [4.78, 5) is 16.3. The first kappa shape index (κ1) is 19.5. The van der Waals surface area contributed by atoms with Gasteiger partial charge in [0.1, 0.15) is 18.1 Å². The molecule has 1 N–H and O–H groups in total. The molecular formula is C22H19ClN2O3. The fourth-order valence-corrected chi connectivity index (χ4v) is 2.67. The van der Waals surface area contributed by atoms with Crippen molar-refractivity contribution in [1.82, 2.24) is 4.98 Å². The smallest absolute Gasteiger partial charge is 0.248 e. The Labute approximate surface area is 168 Å². The number of hydrogen-bond donors (Lipinski definition) is 1. The molecule has 2 aromatic carbocycles. The second-order valence-corrected chi connectivity index (χ2v) is 6.26. The van der Waals surface area contributed by atoms with E-state index in [1.165, 1.54) is 13.2 Å². The maximum Gasteiger partial charge on any atom is 0.248 e. The summed E-state index contributed by atoms with van der Waals surface area (Å²) < 4.78 is 10.8. The van der Waals surface area contributed by atoms with Gasteiger partial charge in [0, 0.05) is 18.0 Å². The molecule has 28 heavy (non-hydrogen) atoms. The number of pyridine rings is 1. The van der Waals surface area contributed by atoms with Crippen LogP contribution in [0.4, 0.5) is 5.69 Å². The van der Waals surface area contributed by atoms with E-state index in [2.05, 4.69) is 10.3 Å². The molecule has 5 nitrogen and oxygen atoms in total. The van der Waals surface area contributed by atoms with E-state index >= 15 is 0 Å². The Kier molecular flexibility index (Phi) is 6.65. The van der Waals surface area contributed by atoms with Crippen LogP contribution < -0.4 is 14.8 Å². The van der Waals surface area contributed by atoms with Crippen molar-refractivity contribution >= 4 is 29.3 Å². The Morgan fingerprint density at radius 3 is 2.64 bits per heavy atom. The minimum Gasteiger partial charge on any atom is -0.495 e. The molecule has 1 aromatic heterocycles. The van der Waals surface area contributed by atoms with Crippen LogP contribution >= 0.6 is 11.6 Å². The fourth-order valence-electron chi connectivity index (χ4n) is 2.42. The molecule has 0 aliphatic rings. The molecule has 0 saturated carbocycles. The number of anilines is 1. The standard InChI is InChI=1S/C22H19ClN2O3/c1-27-21-11-8-17(14-20(21)23)25-22(26)12-7-16-5-9-19(10-6-16)28-15-18-4-2-3-13-24-18/h2-14H,15H2,1H3,(H,25,26)/b12-7+. The summed E-state index contributed by atoms with van der Waals surface area (Å²) in [6.07, 6.45) is 4.92. The van der Waals surface area contributed by atoms with Crippen molar-refractivity contribution in [2.75, 3.05) is 12.4 Å². The average Bonchev–Trinajstić information content (AvgIpc) is 2.72. The SMILES string of the molecule is COc1ccc(NC(=O)/C=C/c2ccc(OCc3ccccn3)cc2)cc1Cl. The number of amides is 1. The maximum absolute atomic E-state index is 12.1. The second kappa shape index (κ2) is 9.58. The Hall–Kier alpha value is -3.31. The van der Waals surface area contributed by atoms with E-state index in [-0.39, 0.29) is 5.91 Å². The van der Waals surface area contributed by atoms with Crippen molar-refractivity contribution in [2.45, 2.75) is 6.61 Å². The van der Waals surface area contributed by atoms with Gasteiger partial charge in [0.05, 0.1) is 17.8 Å². The summed E-state index contributed by atoms with van der Waals surface area (Å²) in [5.74, 6) is 1.04. The largest absolute Gasteiger partial charge is 0.495 e. The molecule has 0 fully saturated rings. The zero-order valence-electron chi connectivity index (χ0n) is 15.3. The normalized spacial score (nSPS) is 10.6. The van der Waals surface area contributed by atoms with Crippen molar-refractivity contribution in [1.29, 1.82) is 0 Å². The number of ether oxygens (including phenoxy) is 2. The Morgan fingerprint density at radius 2 is 1.96 bits per heavy atom. The molecule has 0 aliphatic carbocycles. The summed E-state index contributed by atoms with van der Waals surface area (Å²) in [6.45, 7) is 0.406. The topological polar surface area (TPSA) is 60.5 Å². The highest BCUT2D eigenvalue weighted by Crippen LogP contribution is 2.27. The Morgan fingerprint density at radius 1 is 1.14 bits per heavy atom. The average molecular weight is 395 g/mol. The molecule has 142 valence electrons. The van der Waals surface area contributed by atoms with E-state index in [9.17, 15) is 4.79 Å². The molecule has 6 heteroatoms. The number of carbonyl (C=O) groups is 1. The predicted molar refractivity (Wildman–Crippen MR) is 111 cm³/mol. The molecule has 0 unspecified atom stereocenters. The van der Waals surface area contributed by atoms with Gasteiger partial charge < -0.3 is 14.8 Å². The third kappa shape index (κ3) is 5.59. The number of benzene rings is 2. The number of rotatable bonds is 7. The van der Waals surface area contributed by atoms with E-state index in [0.29, 0.717) is 23.1 Å². The maximum atomic E-state index is 12.1. The lowest BCUT2D eigenvalue weighted by Crippen LogP contribution is -2.07. The quantitative estimate of drug-likeness (QED) is 0.574. The highest BCUT2D eigenvalue weighted by molar-refractivity contribution is 6.32. The van der Waals surface area contributed by atoms with Crippen LogP contribution in [-0.2, 0) is 11.4 Å². The van der Waals surface area contributed by atoms with E-state index in [1.807, 2.05) is 42.5 Å². The number of methoxy groups -OCH3 is 1. The highest BCUT2D eigenvalue weighted by atomic mass is 35.5. The first-order chi connectivity index (χ1) is 13.6. The number of carbonyl (C=O) groups excluding carboxylic acids is 1. The van der Waals surface area contributed by atoms with Crippen molar-refractivity contribution < 1.29 is 14.3 Å². The van der Waals surface area contributed by atoms with Gasteiger partial charge in [0.25, 0.3) is 0 Å². The molecule has 0 atom stereocenters. The minimum atomic E-state index is -0.253. The molecule has 3 rings (SSSR count). The van der Waals surface area contributed by atoms with Gasteiger partial charge in [-0.1, -0.05) is 29.8 Å². The molecular weight excluding hydrogens is 376 g/mol. The van der Waals surface area contributed by atoms with Crippen molar-refractivity contribution in [3.8, 4) is 11.5 Å². The van der Waals surface area contributed by atoms with Gasteiger partial charge in [-0.15, -0.1) is 0 Å². The molecule has 0 aliphatic heterocycles. The zero-order chi connectivity index (χ0) is 19.8. The van der Waals surface area contributed by atoms with Gasteiger partial charge in [-0.05, 0) is 54.1 Å². The van der Waals surface area contributed by atoms with Gasteiger partial charge in [-0.25, -0.2) is 0 Å². The van der Waals surface area contributed by atoms with Crippen LogP contribution in [0.25, 0.3) is 6.08 Å². The lowest BCUT2D eigenvalue weighted by Gasteiger charge is -2.06. The molecule has 1 amide bonds. The summed E-state index contributed by atoms with van der Waals surface area (Å²) in [5.41, 5.74) is 2.34. The van der Waals surface area contributed by atoms with Gasteiger partial charge >= 0.3 is 0 Å². The molecule has 3 aromatic rings. The third-order valence-electron chi connectivity index (χ3n) is 3.84. The molecule has 0 bridgehead atoms. The van der Waals surface area contributed by atoms with Crippen molar-refractivity contribution in [3.05, 3.63) is 89.2 Å². The van der Waals surface area contributed by atoms with E-state index in [4.69, 9.17) is 21.1 Å². The van der Waals surface area contributed by atoms with Gasteiger partial charge in [-0.2, -0.15) is 0 Å². The van der Waals surface area contributed by atoms with Crippen LogP contribution in [0.1, 0.15) is 11.3 Å². The van der Waals surface area contributed by atoms with Crippen molar-refractivity contribution in [3.63, 3.8) is 0 Å². The van der Waals surface area contributed by atoms with Gasteiger partial charge in [-0.3, -0.25) is 9.78 Å². The van der Waals surface area contributed by atoms with E-state index < -0.39 is 0 Å². The summed E-state index contributed by atoms with van der Waals surface area (Å²) in [5, 5.41) is 3.19. The van der Waals surface area contributed by atoms with Crippen LogP contribution in [-0.4, -0.2) is 18.0 Å². The molecule has 0 saturated heterocycles. The minimum absolute atomic E-state index is 0.253. The van der Waals surface area contributed by atoms with E-state index in [1.54, 1.807) is 30.5 Å². The van der Waals surface area contributed by atoms with Crippen LogP contribution in [0.15, 0.2) is 72.9 Å². The lowest BCUT2D eigenvalue weighted by molar-refractivity contribution is -0.111. The Balaban J connectivity index is 1.53. The number of hydrogen-bond acceptors (Lipinski definition) is 4. The third-order valence-corrected chi connectivity index (χ3v) is 4.13. The summed E-state index contributed by atoms with van der Waals surface area (Å²) in [7, 11) is 1.54. The molecule has 0 radical (unpaired) electrons. The Bertz CT molecular complexity index is 957. The lowest BCUT2D eigenvalue weighted by atomic mass is 10.2. The van der Waals surface area contributed by atoms with Gasteiger partial charge in [0.15, 0.2) is 0 Å². The molecule has 1 heterocycles. The highest BCUT2D eigenvalue weighted by Gasteiger charge is 2.04. The van der Waals surface area contributed by atoms with E-state index in [0.717, 1.165) is 17.0 Å². The van der Waals surface area contributed by atoms with Crippen LogP contribution in [0.2, 0.25) is 5.02 Å². The summed E-state index contributed by atoms with van der Waals surface area (Å²) in [6, 6.07) is 18.2. The first-order valence-electron chi connectivity index (χ1n) is 8.59. The fraction of sp³-hybridized carbons (Fsp3) is 0.0909. The van der Waals surface area contributed by atoms with Crippen LogP contribution in [0.5, 0.6) is 11.5 Å². The van der Waals surface area contributed by atoms with Gasteiger partial charge in [0.2, 0.25) is 5.91 Å². The number of halogens is 1. The van der Waals surface area contributed by atoms with Crippen molar-refractivity contribution in [2.24, 2.45) is 0 Å². The van der Waals surface area contributed by atoms with Crippen LogP contribution in [0.3, 0.4) is 0 Å². The molecule has 0 spiro atoms. The zero-order valence-corrected chi connectivity index (χ0v) is 16.0. The summed E-state index contributed by atoms with van der Waals surface area (Å²) >= 11 is 6.06. The monoisotopic (exact) mass is 394 g/mol. The first-order valence-corrected chi connectivity index (χ1v) is 8.97. The second-order valence-electron chi connectivity index (χ2n) is 5.85.